The van der Waals surface area contributed by atoms with E-state index >= 15 is 0 Å². The van der Waals surface area contributed by atoms with Crippen LogP contribution in [0.2, 0.25) is 0 Å². The molecule has 2 N–H and O–H groups in total. The summed E-state index contributed by atoms with van der Waals surface area (Å²) in [5, 5.41) is 19.3. The first-order chi connectivity index (χ1) is 9.34. The van der Waals surface area contributed by atoms with E-state index in [1.165, 1.54) is 0 Å². The Bertz CT molecular complexity index is 318. The number of hydrogen-bond acceptors (Lipinski definition) is 2. The predicted octanol–water partition coefficient (Wildman–Crippen LogP) is 4.33. The highest BCUT2D eigenvalue weighted by molar-refractivity contribution is 5.79. The molecule has 20 heavy (non-hydrogen) atoms. The third-order valence-corrected chi connectivity index (χ3v) is 4.45. The fourth-order valence-electron chi connectivity index (χ4n) is 3.40. The molecule has 4 nitrogen and oxygen atoms in total. The largest absolute Gasteiger partial charge is 0.481 e. The summed E-state index contributed by atoms with van der Waals surface area (Å²) in [5.74, 6) is -1.68. The van der Waals surface area contributed by atoms with Gasteiger partial charge in [0.15, 0.2) is 0 Å². The molecule has 0 aliphatic heterocycles. The molecule has 0 spiro atoms. The lowest BCUT2D eigenvalue weighted by molar-refractivity contribution is -0.160. The van der Waals surface area contributed by atoms with Crippen LogP contribution in [0, 0.1) is 10.8 Å². The molecule has 0 saturated carbocycles. The van der Waals surface area contributed by atoms with Gasteiger partial charge in [0.1, 0.15) is 0 Å². The second-order valence-electron chi connectivity index (χ2n) is 5.95. The van der Waals surface area contributed by atoms with Gasteiger partial charge in [0.25, 0.3) is 0 Å². The number of aliphatic carboxylic acids is 2. The quantitative estimate of drug-likeness (QED) is 0.593. The molecule has 0 aromatic rings. The Balaban J connectivity index is 5.56. The number of carboxylic acids is 2. The highest BCUT2D eigenvalue weighted by Gasteiger charge is 2.47. The topological polar surface area (TPSA) is 74.6 Å². The van der Waals surface area contributed by atoms with Crippen molar-refractivity contribution in [3.05, 3.63) is 0 Å². The van der Waals surface area contributed by atoms with Gasteiger partial charge in [0.05, 0.1) is 10.8 Å². The molecule has 0 amide bonds. The average Bonchev–Trinajstić information content (AvgIpc) is 2.38. The first-order valence-corrected chi connectivity index (χ1v) is 7.81. The van der Waals surface area contributed by atoms with Crippen molar-refractivity contribution in [1.82, 2.24) is 0 Å². The average molecular weight is 286 g/mol. The van der Waals surface area contributed by atoms with E-state index in [4.69, 9.17) is 0 Å². The Labute approximate surface area is 122 Å². The highest BCUT2D eigenvalue weighted by Crippen LogP contribution is 2.46. The SMILES string of the molecule is CCCC(CC)(CC(CCC)(CCC)C(=O)O)C(=O)O. The lowest BCUT2D eigenvalue weighted by atomic mass is 9.64. The summed E-state index contributed by atoms with van der Waals surface area (Å²) in [6.07, 6.45) is 4.66. The molecule has 0 fully saturated rings. The Kier molecular flexibility index (Phi) is 7.84. The van der Waals surface area contributed by atoms with Crippen molar-refractivity contribution in [3.63, 3.8) is 0 Å². The second-order valence-corrected chi connectivity index (χ2v) is 5.95. The van der Waals surface area contributed by atoms with E-state index in [1.807, 2.05) is 27.7 Å². The van der Waals surface area contributed by atoms with Gasteiger partial charge >= 0.3 is 11.9 Å². The summed E-state index contributed by atoms with van der Waals surface area (Å²) < 4.78 is 0. The van der Waals surface area contributed by atoms with E-state index < -0.39 is 22.8 Å². The van der Waals surface area contributed by atoms with E-state index in [2.05, 4.69) is 0 Å². The highest BCUT2D eigenvalue weighted by atomic mass is 16.4. The summed E-state index contributed by atoms with van der Waals surface area (Å²) in [6.45, 7) is 7.73. The van der Waals surface area contributed by atoms with Crippen molar-refractivity contribution in [2.24, 2.45) is 10.8 Å². The lowest BCUT2D eigenvalue weighted by Gasteiger charge is -2.38. The first-order valence-electron chi connectivity index (χ1n) is 7.81. The van der Waals surface area contributed by atoms with Gasteiger partial charge in [-0.05, 0) is 32.1 Å². The number of carboxylic acid groups (broad SMARTS) is 2. The molecule has 0 saturated heterocycles. The zero-order chi connectivity index (χ0) is 15.8. The molecular weight excluding hydrogens is 256 g/mol. The zero-order valence-electron chi connectivity index (χ0n) is 13.4. The van der Waals surface area contributed by atoms with Crippen molar-refractivity contribution in [2.45, 2.75) is 79.1 Å². The molecule has 1 atom stereocenters. The second kappa shape index (κ2) is 8.28. The van der Waals surface area contributed by atoms with Gasteiger partial charge < -0.3 is 10.2 Å². The molecular formula is C16H30O4. The van der Waals surface area contributed by atoms with E-state index in [0.717, 1.165) is 19.3 Å². The standard InChI is InChI=1S/C16H30O4/c1-5-9-15(8-4,13(17)18)12-16(10-6-2,11-7-3)14(19)20/h5-12H2,1-4H3,(H,17,18)(H,19,20). The maximum absolute atomic E-state index is 11.8. The minimum atomic E-state index is -0.905. The van der Waals surface area contributed by atoms with Crippen molar-refractivity contribution in [1.29, 1.82) is 0 Å². The summed E-state index contributed by atoms with van der Waals surface area (Å²) >= 11 is 0. The van der Waals surface area contributed by atoms with Gasteiger partial charge in [0, 0.05) is 0 Å². The summed E-state index contributed by atoms with van der Waals surface area (Å²) in [6, 6.07) is 0. The Morgan fingerprint density at radius 1 is 0.750 bits per heavy atom. The van der Waals surface area contributed by atoms with Crippen LogP contribution >= 0.6 is 0 Å². The molecule has 0 radical (unpaired) electrons. The van der Waals surface area contributed by atoms with E-state index in [0.29, 0.717) is 25.7 Å². The molecule has 118 valence electrons. The maximum Gasteiger partial charge on any atom is 0.309 e. The van der Waals surface area contributed by atoms with Gasteiger partial charge in [-0.15, -0.1) is 0 Å². The van der Waals surface area contributed by atoms with Gasteiger partial charge in [-0.1, -0.05) is 47.0 Å². The minimum absolute atomic E-state index is 0.247. The number of rotatable bonds is 11. The molecule has 0 aliphatic carbocycles. The third kappa shape index (κ3) is 4.22. The zero-order valence-corrected chi connectivity index (χ0v) is 13.4. The van der Waals surface area contributed by atoms with Gasteiger partial charge in [0.2, 0.25) is 0 Å². The molecule has 1 unspecified atom stereocenters. The monoisotopic (exact) mass is 286 g/mol. The normalized spacial score (nSPS) is 14.8. The fourth-order valence-corrected chi connectivity index (χ4v) is 3.40. The molecule has 0 aromatic carbocycles. The van der Waals surface area contributed by atoms with Crippen LogP contribution in [0.4, 0.5) is 0 Å². The first kappa shape index (κ1) is 18.9. The van der Waals surface area contributed by atoms with Crippen LogP contribution < -0.4 is 0 Å². The summed E-state index contributed by atoms with van der Waals surface area (Å²) in [4.78, 5) is 23.6. The van der Waals surface area contributed by atoms with Gasteiger partial charge in [-0.2, -0.15) is 0 Å². The molecule has 4 heteroatoms. The smallest absolute Gasteiger partial charge is 0.309 e. The van der Waals surface area contributed by atoms with Crippen LogP contribution in [0.3, 0.4) is 0 Å². The van der Waals surface area contributed by atoms with E-state index in [1.54, 1.807) is 0 Å². The van der Waals surface area contributed by atoms with Crippen LogP contribution in [0.25, 0.3) is 0 Å². The minimum Gasteiger partial charge on any atom is -0.481 e. The molecule has 0 aromatic heterocycles. The third-order valence-electron chi connectivity index (χ3n) is 4.45. The van der Waals surface area contributed by atoms with Crippen LogP contribution in [0.5, 0.6) is 0 Å². The predicted molar refractivity (Wildman–Crippen MR) is 79.8 cm³/mol. The number of hydrogen-bond donors (Lipinski definition) is 2. The van der Waals surface area contributed by atoms with Crippen LogP contribution in [-0.2, 0) is 9.59 Å². The number of carbonyl (C=O) groups is 2. The van der Waals surface area contributed by atoms with Crippen LogP contribution in [0.15, 0.2) is 0 Å². The lowest BCUT2D eigenvalue weighted by Crippen LogP contribution is -2.42. The molecule has 0 bridgehead atoms. The Hall–Kier alpha value is -1.06. The van der Waals surface area contributed by atoms with Gasteiger partial charge in [-0.3, -0.25) is 9.59 Å². The fraction of sp³-hybridized carbons (Fsp3) is 0.875. The molecule has 0 aliphatic rings. The van der Waals surface area contributed by atoms with Crippen molar-refractivity contribution >= 4 is 11.9 Å². The van der Waals surface area contributed by atoms with E-state index in [-0.39, 0.29) is 6.42 Å². The van der Waals surface area contributed by atoms with Crippen molar-refractivity contribution in [2.75, 3.05) is 0 Å². The molecule has 0 heterocycles. The van der Waals surface area contributed by atoms with Crippen LogP contribution in [-0.4, -0.2) is 22.2 Å². The van der Waals surface area contributed by atoms with E-state index in [9.17, 15) is 19.8 Å². The Morgan fingerprint density at radius 2 is 1.10 bits per heavy atom. The van der Waals surface area contributed by atoms with Gasteiger partial charge in [-0.25, -0.2) is 0 Å². The summed E-state index contributed by atoms with van der Waals surface area (Å²) in [7, 11) is 0. The molecule has 0 rings (SSSR count). The maximum atomic E-state index is 11.8. The van der Waals surface area contributed by atoms with Crippen molar-refractivity contribution in [3.8, 4) is 0 Å². The summed E-state index contributed by atoms with van der Waals surface area (Å²) in [5.41, 5.74) is -1.80. The Morgan fingerprint density at radius 3 is 1.35 bits per heavy atom. The van der Waals surface area contributed by atoms with Crippen molar-refractivity contribution < 1.29 is 19.8 Å². The van der Waals surface area contributed by atoms with Crippen LogP contribution in [0.1, 0.15) is 79.1 Å².